The minimum absolute atomic E-state index is 0.316. The molecule has 0 saturated heterocycles. The first-order chi connectivity index (χ1) is 13.2. The number of fused-ring (bicyclic) bond motifs is 3. The van der Waals surface area contributed by atoms with E-state index in [4.69, 9.17) is 14.5 Å². The Morgan fingerprint density at radius 3 is 2.70 bits per heavy atom. The lowest BCUT2D eigenvalue weighted by Gasteiger charge is -2.35. The normalized spacial score (nSPS) is 18.0. The van der Waals surface area contributed by atoms with Crippen LogP contribution >= 0.6 is 11.8 Å². The van der Waals surface area contributed by atoms with Crippen molar-refractivity contribution in [3.8, 4) is 5.75 Å². The van der Waals surface area contributed by atoms with Crippen molar-refractivity contribution in [2.45, 2.75) is 24.8 Å². The Morgan fingerprint density at radius 2 is 1.93 bits per heavy atom. The quantitative estimate of drug-likeness (QED) is 0.728. The van der Waals surface area contributed by atoms with Crippen molar-refractivity contribution in [3.05, 3.63) is 65.4 Å². The predicted octanol–water partition coefficient (Wildman–Crippen LogP) is 4.56. The van der Waals surface area contributed by atoms with Gasteiger partial charge >= 0.3 is 5.97 Å². The fraction of sp³-hybridized carbons (Fsp3) is 0.238. The Morgan fingerprint density at radius 1 is 1.19 bits per heavy atom. The Labute approximate surface area is 162 Å². The van der Waals surface area contributed by atoms with Crippen molar-refractivity contribution in [2.75, 3.05) is 18.6 Å². The Balaban J connectivity index is 1.94. The highest BCUT2D eigenvalue weighted by molar-refractivity contribution is 8.14. The van der Waals surface area contributed by atoms with Gasteiger partial charge in [-0.05, 0) is 43.8 Å². The van der Waals surface area contributed by atoms with E-state index in [1.807, 2.05) is 50.2 Å². The largest absolute Gasteiger partial charge is 0.496 e. The van der Waals surface area contributed by atoms with E-state index in [2.05, 4.69) is 17.0 Å². The fourth-order valence-corrected chi connectivity index (χ4v) is 4.60. The molecule has 0 amide bonds. The van der Waals surface area contributed by atoms with Gasteiger partial charge in [-0.1, -0.05) is 30.3 Å². The van der Waals surface area contributed by atoms with Crippen LogP contribution in [0, 0.1) is 0 Å². The van der Waals surface area contributed by atoms with Gasteiger partial charge in [0.1, 0.15) is 5.75 Å². The van der Waals surface area contributed by atoms with Gasteiger partial charge in [-0.3, -0.25) is 0 Å². The summed E-state index contributed by atoms with van der Waals surface area (Å²) < 4.78 is 11.0. The second-order valence-corrected chi connectivity index (χ2v) is 7.21. The zero-order valence-corrected chi connectivity index (χ0v) is 16.2. The number of carbonyl (C=O) groups is 1. The molecule has 138 valence electrons. The highest BCUT2D eigenvalue weighted by Crippen LogP contribution is 2.50. The van der Waals surface area contributed by atoms with Crippen LogP contribution in [0.4, 0.5) is 5.69 Å². The van der Waals surface area contributed by atoms with Crippen LogP contribution in [-0.2, 0) is 9.53 Å². The van der Waals surface area contributed by atoms with Crippen LogP contribution in [0.25, 0.3) is 0 Å². The van der Waals surface area contributed by atoms with E-state index in [-0.39, 0.29) is 12.0 Å². The lowest BCUT2D eigenvalue weighted by molar-refractivity contribution is -0.138. The second-order valence-electron chi connectivity index (χ2n) is 6.20. The van der Waals surface area contributed by atoms with Crippen molar-refractivity contribution in [3.63, 3.8) is 0 Å². The van der Waals surface area contributed by atoms with Crippen LogP contribution in [0.3, 0.4) is 0 Å². The highest BCUT2D eigenvalue weighted by Gasteiger charge is 2.42. The summed E-state index contributed by atoms with van der Waals surface area (Å²) in [5.41, 5.74) is 3.16. The number of carbonyl (C=O) groups excluding carboxylic acids is 1. The molecule has 0 aromatic heterocycles. The van der Waals surface area contributed by atoms with E-state index in [9.17, 15) is 4.79 Å². The number of benzene rings is 2. The molecule has 0 unspecified atom stereocenters. The Bertz CT molecular complexity index is 967. The molecule has 4 rings (SSSR count). The van der Waals surface area contributed by atoms with Gasteiger partial charge in [-0.15, -0.1) is 0 Å². The molecular formula is C21H20N2O3S. The molecule has 0 spiro atoms. The van der Waals surface area contributed by atoms with E-state index in [0.29, 0.717) is 17.9 Å². The summed E-state index contributed by atoms with van der Waals surface area (Å²) in [4.78, 5) is 20.8. The number of amidine groups is 1. The summed E-state index contributed by atoms with van der Waals surface area (Å²) in [5, 5.41) is 0.859. The molecule has 2 aliphatic heterocycles. The third kappa shape index (κ3) is 2.90. The molecule has 0 N–H and O–H groups in total. The van der Waals surface area contributed by atoms with Crippen LogP contribution in [0.2, 0.25) is 0 Å². The zero-order chi connectivity index (χ0) is 19.0. The molecular weight excluding hydrogens is 360 g/mol. The maximum absolute atomic E-state index is 12.9. The number of rotatable bonds is 4. The third-order valence-corrected chi connectivity index (χ3v) is 5.68. The predicted molar refractivity (Wildman–Crippen MR) is 107 cm³/mol. The Hall–Kier alpha value is -2.73. The number of methoxy groups -OCH3 is 1. The molecule has 27 heavy (non-hydrogen) atoms. The van der Waals surface area contributed by atoms with Gasteiger partial charge < -0.3 is 14.4 Å². The number of allylic oxidation sites excluding steroid dienone is 1. The maximum Gasteiger partial charge on any atom is 0.338 e. The van der Waals surface area contributed by atoms with E-state index in [1.165, 1.54) is 0 Å². The molecule has 0 radical (unpaired) electrons. The average molecular weight is 380 g/mol. The second kappa shape index (κ2) is 7.12. The smallest absolute Gasteiger partial charge is 0.338 e. The molecule has 5 nitrogen and oxygen atoms in total. The first-order valence-electron chi connectivity index (χ1n) is 8.81. The molecule has 2 aromatic carbocycles. The lowest BCUT2D eigenvalue weighted by Crippen LogP contribution is -2.37. The number of hydrogen-bond acceptors (Lipinski definition) is 6. The number of thioether (sulfide) groups is 1. The van der Waals surface area contributed by atoms with Crippen LogP contribution in [0.15, 0.2) is 69.7 Å². The highest BCUT2D eigenvalue weighted by atomic mass is 32.2. The summed E-state index contributed by atoms with van der Waals surface area (Å²) in [6.45, 7) is 3.99. The monoisotopic (exact) mass is 380 g/mol. The van der Waals surface area contributed by atoms with Gasteiger partial charge in [0.2, 0.25) is 0 Å². The van der Waals surface area contributed by atoms with Crippen molar-refractivity contribution < 1.29 is 14.3 Å². The maximum atomic E-state index is 12.9. The molecule has 0 fully saturated rings. The number of esters is 1. The summed E-state index contributed by atoms with van der Waals surface area (Å²) in [7, 11) is 1.64. The standard InChI is InChI=1S/C21H20N2O3S/c1-4-26-20(24)18-13(2)22-21-23(15-10-6-8-12-17(15)27-21)19(18)14-9-5-7-11-16(14)25-3/h5-12,19H,4H2,1-3H3/t19-/m0/s1. The number of ether oxygens (including phenoxy) is 2. The molecule has 1 atom stereocenters. The van der Waals surface area contributed by atoms with Crippen molar-refractivity contribution in [2.24, 2.45) is 4.99 Å². The van der Waals surface area contributed by atoms with E-state index < -0.39 is 0 Å². The summed E-state index contributed by atoms with van der Waals surface area (Å²) in [5.74, 6) is 0.385. The fourth-order valence-electron chi connectivity index (χ4n) is 3.51. The molecule has 6 heteroatoms. The number of hydrogen-bond donors (Lipinski definition) is 0. The number of nitrogens with zero attached hydrogens (tertiary/aromatic N) is 2. The molecule has 2 aliphatic rings. The van der Waals surface area contributed by atoms with Crippen LogP contribution in [-0.4, -0.2) is 24.9 Å². The molecule has 0 saturated carbocycles. The lowest BCUT2D eigenvalue weighted by atomic mass is 9.93. The SMILES string of the molecule is CCOC(=O)C1=C(C)N=C2Sc3ccccc3N2[C@H]1c1ccccc1OC. The van der Waals surface area contributed by atoms with E-state index >= 15 is 0 Å². The first-order valence-corrected chi connectivity index (χ1v) is 9.63. The van der Waals surface area contributed by atoms with Crippen molar-refractivity contribution in [1.29, 1.82) is 0 Å². The van der Waals surface area contributed by atoms with Crippen molar-refractivity contribution >= 4 is 28.6 Å². The average Bonchev–Trinajstić information content (AvgIpc) is 3.04. The van der Waals surface area contributed by atoms with Gasteiger partial charge in [-0.25, -0.2) is 9.79 Å². The molecule has 2 aromatic rings. The van der Waals surface area contributed by atoms with Crippen LogP contribution < -0.4 is 9.64 Å². The van der Waals surface area contributed by atoms with Crippen LogP contribution in [0.5, 0.6) is 5.75 Å². The van der Waals surface area contributed by atoms with Crippen LogP contribution in [0.1, 0.15) is 25.5 Å². The third-order valence-electron chi connectivity index (χ3n) is 4.65. The molecule has 0 bridgehead atoms. The minimum atomic E-state index is -0.358. The van der Waals surface area contributed by atoms with Gasteiger partial charge in [-0.2, -0.15) is 0 Å². The van der Waals surface area contributed by atoms with Gasteiger partial charge in [0, 0.05) is 10.5 Å². The zero-order valence-electron chi connectivity index (χ0n) is 15.4. The van der Waals surface area contributed by atoms with E-state index in [0.717, 1.165) is 27.1 Å². The van der Waals surface area contributed by atoms with Crippen molar-refractivity contribution in [1.82, 2.24) is 0 Å². The first kappa shape index (κ1) is 17.7. The number of anilines is 1. The van der Waals surface area contributed by atoms with E-state index in [1.54, 1.807) is 18.9 Å². The minimum Gasteiger partial charge on any atom is -0.496 e. The topological polar surface area (TPSA) is 51.1 Å². The number of para-hydroxylation sites is 2. The van der Waals surface area contributed by atoms with Gasteiger partial charge in [0.05, 0.1) is 36.7 Å². The summed E-state index contributed by atoms with van der Waals surface area (Å²) in [6.07, 6.45) is 0. The molecule has 0 aliphatic carbocycles. The summed E-state index contributed by atoms with van der Waals surface area (Å²) >= 11 is 1.61. The Kier molecular flexibility index (Phi) is 4.66. The molecule has 2 heterocycles. The summed E-state index contributed by atoms with van der Waals surface area (Å²) in [6, 6.07) is 15.6. The number of aliphatic imine (C=N–C) groups is 1. The van der Waals surface area contributed by atoms with Gasteiger partial charge in [0.15, 0.2) is 5.17 Å². The van der Waals surface area contributed by atoms with Gasteiger partial charge in [0.25, 0.3) is 0 Å².